The van der Waals surface area contributed by atoms with Gasteiger partial charge in [-0.2, -0.15) is 0 Å². The molecule has 2 amide bonds. The topological polar surface area (TPSA) is 106 Å². The lowest BCUT2D eigenvalue weighted by Crippen LogP contribution is -2.32. The van der Waals surface area contributed by atoms with Gasteiger partial charge in [-0.15, -0.1) is 5.06 Å². The summed E-state index contributed by atoms with van der Waals surface area (Å²) in [5.74, 6) is -1.42. The lowest BCUT2D eigenvalue weighted by atomic mass is 10.0. The summed E-state index contributed by atoms with van der Waals surface area (Å²) in [4.78, 5) is 46.2. The summed E-state index contributed by atoms with van der Waals surface area (Å²) in [7, 11) is 1.50. The summed E-state index contributed by atoms with van der Waals surface area (Å²) in [6, 6.07) is 13.7. The van der Waals surface area contributed by atoms with Crippen LogP contribution in [0.4, 0.5) is 0 Å². The molecular formula is C22H18N2O6. The molecule has 1 aliphatic heterocycles. The smallest absolute Gasteiger partial charge is 0.364 e. The minimum Gasteiger partial charge on any atom is -0.496 e. The maximum Gasteiger partial charge on any atom is 0.364 e. The summed E-state index contributed by atoms with van der Waals surface area (Å²) >= 11 is 0. The van der Waals surface area contributed by atoms with Crippen LogP contribution in [0.15, 0.2) is 48.5 Å². The second kappa shape index (κ2) is 7.92. The number of aromatic nitrogens is 1. The van der Waals surface area contributed by atoms with E-state index in [9.17, 15) is 19.5 Å². The molecule has 152 valence electrons. The molecule has 2 aromatic carbocycles. The average Bonchev–Trinajstić information content (AvgIpc) is 3.09. The SMILES string of the molecule is COc1cc(-c2cc(C(=O)ON3C(=O)CCC3=O)c3ccccc3n2)ccc1CO. The van der Waals surface area contributed by atoms with Crippen molar-refractivity contribution in [2.45, 2.75) is 19.4 Å². The highest BCUT2D eigenvalue weighted by Gasteiger charge is 2.33. The molecule has 0 unspecified atom stereocenters. The van der Waals surface area contributed by atoms with Crippen LogP contribution in [-0.4, -0.2) is 40.0 Å². The van der Waals surface area contributed by atoms with Crippen molar-refractivity contribution >= 4 is 28.7 Å². The molecule has 1 saturated heterocycles. The first-order valence-electron chi connectivity index (χ1n) is 9.28. The number of hydroxylamine groups is 2. The number of imide groups is 1. The number of aliphatic hydroxyl groups is 1. The zero-order valence-electron chi connectivity index (χ0n) is 16.1. The first kappa shape index (κ1) is 19.5. The number of carbonyl (C=O) groups is 3. The normalized spacial score (nSPS) is 13.7. The number of ether oxygens (including phenoxy) is 1. The number of methoxy groups -OCH3 is 1. The Morgan fingerprint density at radius 1 is 1.10 bits per heavy atom. The van der Waals surface area contributed by atoms with Crippen molar-refractivity contribution < 1.29 is 29.1 Å². The van der Waals surface area contributed by atoms with Crippen LogP contribution in [-0.2, 0) is 21.0 Å². The maximum absolute atomic E-state index is 12.9. The van der Waals surface area contributed by atoms with Crippen molar-refractivity contribution in [3.05, 3.63) is 59.7 Å². The molecule has 0 aliphatic carbocycles. The number of hydrogen-bond acceptors (Lipinski definition) is 7. The van der Waals surface area contributed by atoms with Crippen LogP contribution in [0.25, 0.3) is 22.2 Å². The Bertz CT molecular complexity index is 1160. The van der Waals surface area contributed by atoms with Crippen molar-refractivity contribution in [3.63, 3.8) is 0 Å². The van der Waals surface area contributed by atoms with Gasteiger partial charge in [0.2, 0.25) is 0 Å². The van der Waals surface area contributed by atoms with E-state index in [4.69, 9.17) is 9.57 Å². The summed E-state index contributed by atoms with van der Waals surface area (Å²) in [6.45, 7) is -0.177. The van der Waals surface area contributed by atoms with Crippen LogP contribution >= 0.6 is 0 Å². The van der Waals surface area contributed by atoms with Crippen LogP contribution in [0.1, 0.15) is 28.8 Å². The van der Waals surface area contributed by atoms with E-state index in [1.54, 1.807) is 48.5 Å². The molecule has 8 heteroatoms. The number of aliphatic hydroxyl groups excluding tert-OH is 1. The molecule has 2 heterocycles. The molecule has 0 saturated carbocycles. The molecule has 4 rings (SSSR count). The molecular weight excluding hydrogens is 388 g/mol. The summed E-state index contributed by atoms with van der Waals surface area (Å²) in [5, 5.41) is 10.5. The Morgan fingerprint density at radius 3 is 2.53 bits per heavy atom. The number of pyridine rings is 1. The van der Waals surface area contributed by atoms with Crippen molar-refractivity contribution in [1.29, 1.82) is 0 Å². The minimum absolute atomic E-state index is 0.0193. The largest absolute Gasteiger partial charge is 0.496 e. The van der Waals surface area contributed by atoms with E-state index in [1.807, 2.05) is 0 Å². The standard InChI is InChI=1S/C22H18N2O6/c1-29-19-10-13(6-7-14(19)12-25)18-11-16(15-4-2-3-5-17(15)23-18)22(28)30-24-20(26)8-9-21(24)27/h2-7,10-11,25H,8-9,12H2,1H3. The predicted octanol–water partition coefficient (Wildman–Crippen LogP) is 2.62. The van der Waals surface area contributed by atoms with Gasteiger partial charge in [-0.3, -0.25) is 9.59 Å². The van der Waals surface area contributed by atoms with Crippen LogP contribution in [0.2, 0.25) is 0 Å². The predicted molar refractivity (Wildman–Crippen MR) is 106 cm³/mol. The highest BCUT2D eigenvalue weighted by molar-refractivity contribution is 6.07. The van der Waals surface area contributed by atoms with Crippen molar-refractivity contribution in [2.75, 3.05) is 7.11 Å². The first-order chi connectivity index (χ1) is 14.5. The molecule has 1 aliphatic rings. The summed E-state index contributed by atoms with van der Waals surface area (Å²) in [5.41, 5.74) is 2.48. The Morgan fingerprint density at radius 2 is 1.83 bits per heavy atom. The number of rotatable bonds is 5. The van der Waals surface area contributed by atoms with Crippen LogP contribution in [0, 0.1) is 0 Å². The number of fused-ring (bicyclic) bond motifs is 1. The van der Waals surface area contributed by atoms with Gasteiger partial charge in [0, 0.05) is 29.4 Å². The molecule has 3 aromatic rings. The molecule has 0 radical (unpaired) electrons. The van der Waals surface area contributed by atoms with E-state index in [0.29, 0.717) is 38.5 Å². The van der Waals surface area contributed by atoms with Gasteiger partial charge in [0.05, 0.1) is 30.5 Å². The number of para-hydroxylation sites is 1. The van der Waals surface area contributed by atoms with Gasteiger partial charge in [-0.1, -0.05) is 30.3 Å². The number of nitrogens with zero attached hydrogens (tertiary/aromatic N) is 2. The van der Waals surface area contributed by atoms with E-state index < -0.39 is 17.8 Å². The average molecular weight is 406 g/mol. The monoisotopic (exact) mass is 406 g/mol. The van der Waals surface area contributed by atoms with E-state index in [-0.39, 0.29) is 25.0 Å². The van der Waals surface area contributed by atoms with E-state index in [2.05, 4.69) is 4.98 Å². The van der Waals surface area contributed by atoms with Gasteiger partial charge in [-0.05, 0) is 18.2 Å². The third kappa shape index (κ3) is 3.48. The highest BCUT2D eigenvalue weighted by Crippen LogP contribution is 2.30. The minimum atomic E-state index is -0.822. The molecule has 0 bridgehead atoms. The second-order valence-corrected chi connectivity index (χ2v) is 6.72. The quantitative estimate of drug-likeness (QED) is 0.649. The molecule has 30 heavy (non-hydrogen) atoms. The fraction of sp³-hybridized carbons (Fsp3) is 0.182. The number of carbonyl (C=O) groups excluding carboxylic acids is 3. The number of amides is 2. The van der Waals surface area contributed by atoms with Crippen molar-refractivity contribution in [3.8, 4) is 17.0 Å². The second-order valence-electron chi connectivity index (χ2n) is 6.72. The fourth-order valence-electron chi connectivity index (χ4n) is 3.32. The Labute approximate surface area is 171 Å². The molecule has 8 nitrogen and oxygen atoms in total. The zero-order chi connectivity index (χ0) is 21.3. The van der Waals surface area contributed by atoms with E-state index in [0.717, 1.165) is 0 Å². The zero-order valence-corrected chi connectivity index (χ0v) is 16.1. The maximum atomic E-state index is 12.9. The van der Waals surface area contributed by atoms with Gasteiger partial charge in [0.25, 0.3) is 11.8 Å². The van der Waals surface area contributed by atoms with Crippen molar-refractivity contribution in [1.82, 2.24) is 10.0 Å². The van der Waals surface area contributed by atoms with Gasteiger partial charge in [-0.25, -0.2) is 9.78 Å². The summed E-state index contributed by atoms with van der Waals surface area (Å²) in [6.07, 6.45) is 0.0386. The van der Waals surface area contributed by atoms with Gasteiger partial charge >= 0.3 is 5.97 Å². The number of hydrogen-bond donors (Lipinski definition) is 1. The van der Waals surface area contributed by atoms with E-state index >= 15 is 0 Å². The van der Waals surface area contributed by atoms with Crippen molar-refractivity contribution in [2.24, 2.45) is 0 Å². The molecule has 0 atom stereocenters. The Hall–Kier alpha value is -3.78. The number of benzene rings is 2. The van der Waals surface area contributed by atoms with Crippen LogP contribution in [0.3, 0.4) is 0 Å². The lowest BCUT2D eigenvalue weighted by molar-refractivity contribution is -0.172. The Kier molecular flexibility index (Phi) is 5.16. The summed E-state index contributed by atoms with van der Waals surface area (Å²) < 4.78 is 5.31. The fourth-order valence-corrected chi connectivity index (χ4v) is 3.32. The third-order valence-electron chi connectivity index (χ3n) is 4.87. The molecule has 1 N–H and O–H groups in total. The highest BCUT2D eigenvalue weighted by atomic mass is 16.7. The third-order valence-corrected chi connectivity index (χ3v) is 4.87. The molecule has 1 aromatic heterocycles. The van der Waals surface area contributed by atoms with Gasteiger partial charge in [0.1, 0.15) is 5.75 Å². The molecule has 1 fully saturated rings. The van der Waals surface area contributed by atoms with Gasteiger partial charge < -0.3 is 14.7 Å². The lowest BCUT2D eigenvalue weighted by Gasteiger charge is -2.15. The van der Waals surface area contributed by atoms with Crippen LogP contribution in [0.5, 0.6) is 5.75 Å². The Balaban J connectivity index is 1.79. The van der Waals surface area contributed by atoms with E-state index in [1.165, 1.54) is 7.11 Å². The molecule has 0 spiro atoms. The first-order valence-corrected chi connectivity index (χ1v) is 9.28. The van der Waals surface area contributed by atoms with Crippen LogP contribution < -0.4 is 4.74 Å². The van der Waals surface area contributed by atoms with Gasteiger partial charge in [0.15, 0.2) is 0 Å².